The third-order valence-corrected chi connectivity index (χ3v) is 2.83. The van der Waals surface area contributed by atoms with Gasteiger partial charge < -0.3 is 10.1 Å². The molecule has 1 heterocycles. The Hall–Kier alpha value is -0.220. The summed E-state index contributed by atoms with van der Waals surface area (Å²) < 4.78 is 30.5. The second kappa shape index (κ2) is 3.50. The second-order valence-corrected chi connectivity index (χ2v) is 4.03. The van der Waals surface area contributed by atoms with E-state index in [4.69, 9.17) is 4.74 Å². The molecule has 0 unspecified atom stereocenters. The number of rotatable bonds is 2. The first kappa shape index (κ1) is 9.34. The monoisotopic (exact) mass is 191 g/mol. The molecule has 0 amide bonds. The molecule has 1 saturated heterocycles. The van der Waals surface area contributed by atoms with Crippen molar-refractivity contribution in [1.82, 2.24) is 5.32 Å². The fraction of sp³-hybridized carbons (Fsp3) is 1.00. The van der Waals surface area contributed by atoms with Crippen molar-refractivity contribution in [3.63, 3.8) is 0 Å². The van der Waals surface area contributed by atoms with Gasteiger partial charge in [0.25, 0.3) is 0 Å². The number of hydrogen-bond donors (Lipinski definition) is 1. The summed E-state index contributed by atoms with van der Waals surface area (Å²) in [5, 5.41) is 3.33. The predicted molar refractivity (Wildman–Crippen MR) is 44.9 cm³/mol. The first-order valence-corrected chi connectivity index (χ1v) is 4.87. The highest BCUT2D eigenvalue weighted by atomic mass is 19.3. The second-order valence-electron chi connectivity index (χ2n) is 4.03. The molecule has 0 bridgehead atoms. The fourth-order valence-corrected chi connectivity index (χ4v) is 1.87. The van der Waals surface area contributed by atoms with Crippen LogP contribution in [-0.2, 0) is 4.74 Å². The summed E-state index contributed by atoms with van der Waals surface area (Å²) in [6, 6.07) is 0.699. The number of nitrogens with one attached hydrogen (secondary N) is 1. The van der Waals surface area contributed by atoms with Gasteiger partial charge in [0.1, 0.15) is 0 Å². The zero-order valence-electron chi connectivity index (χ0n) is 7.56. The van der Waals surface area contributed by atoms with E-state index in [-0.39, 0.29) is 18.9 Å². The maximum Gasteiger partial charge on any atom is 0.248 e. The fourth-order valence-electron chi connectivity index (χ4n) is 1.87. The summed E-state index contributed by atoms with van der Waals surface area (Å²) in [5.74, 6) is -2.41. The first-order valence-electron chi connectivity index (χ1n) is 4.87. The summed E-state index contributed by atoms with van der Waals surface area (Å²) in [7, 11) is 0. The van der Waals surface area contributed by atoms with Crippen molar-refractivity contribution in [3.8, 4) is 0 Å². The highest BCUT2D eigenvalue weighted by Gasteiger charge is 2.35. The van der Waals surface area contributed by atoms with E-state index in [0.717, 1.165) is 13.2 Å². The van der Waals surface area contributed by atoms with Crippen LogP contribution in [0.2, 0.25) is 0 Å². The van der Waals surface area contributed by atoms with Crippen LogP contribution in [0.25, 0.3) is 0 Å². The Kier molecular flexibility index (Phi) is 2.51. The number of halogens is 2. The molecule has 1 aliphatic carbocycles. The summed E-state index contributed by atoms with van der Waals surface area (Å²) in [4.78, 5) is 0. The normalized spacial score (nSPS) is 30.0. The van der Waals surface area contributed by atoms with Gasteiger partial charge in [0.15, 0.2) is 0 Å². The lowest BCUT2D eigenvalue weighted by Gasteiger charge is -2.35. The van der Waals surface area contributed by atoms with Gasteiger partial charge in [-0.05, 0) is 12.8 Å². The van der Waals surface area contributed by atoms with Gasteiger partial charge in [-0.2, -0.15) is 0 Å². The molecule has 0 radical (unpaired) electrons. The average molecular weight is 191 g/mol. The molecule has 0 aromatic carbocycles. The van der Waals surface area contributed by atoms with Gasteiger partial charge in [-0.15, -0.1) is 0 Å². The molecule has 0 aromatic rings. The molecule has 0 spiro atoms. The van der Waals surface area contributed by atoms with Gasteiger partial charge in [-0.25, -0.2) is 8.78 Å². The molecule has 2 nitrogen and oxygen atoms in total. The lowest BCUT2D eigenvalue weighted by Crippen LogP contribution is -2.51. The quantitative estimate of drug-likeness (QED) is 0.715. The van der Waals surface area contributed by atoms with Crippen molar-refractivity contribution in [3.05, 3.63) is 0 Å². The largest absolute Gasteiger partial charge is 0.378 e. The van der Waals surface area contributed by atoms with Crippen LogP contribution in [-0.4, -0.2) is 31.2 Å². The Bertz CT molecular complexity index is 172. The number of hydrogen-bond acceptors (Lipinski definition) is 2. The summed E-state index contributed by atoms with van der Waals surface area (Å²) in [5.41, 5.74) is 0. The van der Waals surface area contributed by atoms with Crippen LogP contribution in [0.4, 0.5) is 8.78 Å². The lowest BCUT2D eigenvalue weighted by atomic mass is 9.91. The minimum absolute atomic E-state index is 0.0399. The molecule has 0 atom stereocenters. The van der Waals surface area contributed by atoms with Gasteiger partial charge in [0, 0.05) is 18.9 Å². The molecule has 1 aliphatic heterocycles. The standard InChI is InChI=1S/C9H15F2NO/c10-9(11)3-1-7(2-4-9)12-8-5-13-6-8/h7-8,12H,1-6H2. The molecular formula is C9H15F2NO. The average Bonchev–Trinajstić information content (AvgIpc) is 1.99. The summed E-state index contributed by atoms with van der Waals surface area (Å²) in [6.45, 7) is 1.49. The van der Waals surface area contributed by atoms with E-state index in [1.807, 2.05) is 0 Å². The minimum Gasteiger partial charge on any atom is -0.378 e. The molecule has 0 aromatic heterocycles. The molecule has 1 N–H and O–H groups in total. The Morgan fingerprint density at radius 2 is 1.69 bits per heavy atom. The van der Waals surface area contributed by atoms with E-state index in [1.54, 1.807) is 0 Å². The van der Waals surface area contributed by atoms with E-state index >= 15 is 0 Å². The lowest BCUT2D eigenvalue weighted by molar-refractivity contribution is -0.0519. The number of alkyl halides is 2. The molecule has 13 heavy (non-hydrogen) atoms. The van der Waals surface area contributed by atoms with Crippen molar-refractivity contribution in [2.45, 2.75) is 43.7 Å². The van der Waals surface area contributed by atoms with Crippen molar-refractivity contribution in [1.29, 1.82) is 0 Å². The van der Waals surface area contributed by atoms with Gasteiger partial charge in [-0.1, -0.05) is 0 Å². The first-order chi connectivity index (χ1) is 6.16. The van der Waals surface area contributed by atoms with Crippen molar-refractivity contribution in [2.24, 2.45) is 0 Å². The smallest absolute Gasteiger partial charge is 0.248 e. The molecule has 2 aliphatic rings. The van der Waals surface area contributed by atoms with Crippen molar-refractivity contribution >= 4 is 0 Å². The third kappa shape index (κ3) is 2.38. The summed E-state index contributed by atoms with van der Waals surface area (Å²) in [6.07, 6.45) is 1.28. The van der Waals surface area contributed by atoms with Crippen LogP contribution in [0.3, 0.4) is 0 Å². The van der Waals surface area contributed by atoms with Crippen LogP contribution in [0.15, 0.2) is 0 Å². The van der Waals surface area contributed by atoms with E-state index in [0.29, 0.717) is 18.9 Å². The molecule has 2 rings (SSSR count). The Morgan fingerprint density at radius 3 is 2.15 bits per heavy atom. The van der Waals surface area contributed by atoms with Gasteiger partial charge >= 0.3 is 0 Å². The van der Waals surface area contributed by atoms with Gasteiger partial charge in [0.05, 0.1) is 19.3 Å². The maximum absolute atomic E-state index is 12.8. The van der Waals surface area contributed by atoms with Crippen LogP contribution >= 0.6 is 0 Å². The zero-order chi connectivity index (χ0) is 9.31. The molecule has 2 fully saturated rings. The van der Waals surface area contributed by atoms with E-state index in [2.05, 4.69) is 5.32 Å². The maximum atomic E-state index is 12.8. The van der Waals surface area contributed by atoms with E-state index < -0.39 is 5.92 Å². The van der Waals surface area contributed by atoms with E-state index in [9.17, 15) is 8.78 Å². The molecule has 4 heteroatoms. The minimum atomic E-state index is -2.41. The molecular weight excluding hydrogens is 176 g/mol. The predicted octanol–water partition coefficient (Wildman–Crippen LogP) is 1.55. The van der Waals surface area contributed by atoms with Gasteiger partial charge in [-0.3, -0.25) is 0 Å². The SMILES string of the molecule is FC1(F)CCC(NC2COC2)CC1. The Balaban J connectivity index is 1.71. The highest BCUT2D eigenvalue weighted by Crippen LogP contribution is 2.33. The van der Waals surface area contributed by atoms with Gasteiger partial charge in [0.2, 0.25) is 5.92 Å². The van der Waals surface area contributed by atoms with Crippen LogP contribution in [0.5, 0.6) is 0 Å². The Morgan fingerprint density at radius 1 is 1.08 bits per heavy atom. The number of ether oxygens (including phenoxy) is 1. The van der Waals surface area contributed by atoms with Crippen LogP contribution < -0.4 is 5.32 Å². The van der Waals surface area contributed by atoms with Crippen LogP contribution in [0, 0.1) is 0 Å². The molecule has 1 saturated carbocycles. The zero-order valence-corrected chi connectivity index (χ0v) is 7.56. The topological polar surface area (TPSA) is 21.3 Å². The molecule has 76 valence electrons. The Labute approximate surface area is 76.6 Å². The highest BCUT2D eigenvalue weighted by molar-refractivity contribution is 4.85. The third-order valence-electron chi connectivity index (χ3n) is 2.83. The van der Waals surface area contributed by atoms with E-state index in [1.165, 1.54) is 0 Å². The summed E-state index contributed by atoms with van der Waals surface area (Å²) >= 11 is 0. The van der Waals surface area contributed by atoms with Crippen LogP contribution in [0.1, 0.15) is 25.7 Å². The van der Waals surface area contributed by atoms with Crippen molar-refractivity contribution < 1.29 is 13.5 Å². The van der Waals surface area contributed by atoms with Crippen molar-refractivity contribution in [2.75, 3.05) is 13.2 Å².